The van der Waals surface area contributed by atoms with Crippen LogP contribution in [0.3, 0.4) is 0 Å². The van der Waals surface area contributed by atoms with E-state index in [1.54, 1.807) is 19.2 Å². The number of methoxy groups -OCH3 is 1. The molecule has 2 N–H and O–H groups in total. The number of ether oxygens (including phenoxy) is 2. The van der Waals surface area contributed by atoms with Crippen molar-refractivity contribution in [3.8, 4) is 16.9 Å². The minimum atomic E-state index is -4.73. The summed E-state index contributed by atoms with van der Waals surface area (Å²) in [6, 6.07) is 12.3. The van der Waals surface area contributed by atoms with E-state index in [4.69, 9.17) is 15.5 Å². The molecule has 0 bridgehead atoms. The van der Waals surface area contributed by atoms with Crippen LogP contribution >= 0.6 is 0 Å². The van der Waals surface area contributed by atoms with Gasteiger partial charge in [0.05, 0.1) is 11.6 Å². The van der Waals surface area contributed by atoms with Crippen molar-refractivity contribution in [2.75, 3.05) is 20.7 Å². The zero-order valence-corrected chi connectivity index (χ0v) is 19.7. The minimum absolute atomic E-state index is 0.0837. The molecule has 1 saturated carbocycles. The first kappa shape index (κ1) is 23.0. The zero-order chi connectivity index (χ0) is 24.3. The van der Waals surface area contributed by atoms with Crippen molar-refractivity contribution >= 4 is 5.96 Å². The van der Waals surface area contributed by atoms with Gasteiger partial charge in [-0.1, -0.05) is 24.3 Å². The Morgan fingerprint density at radius 1 is 1.15 bits per heavy atom. The summed E-state index contributed by atoms with van der Waals surface area (Å²) >= 11 is 0. The lowest BCUT2D eigenvalue weighted by atomic mass is 9.56. The Balaban J connectivity index is 1.59. The number of hydrogen-bond acceptors (Lipinski definition) is 5. The van der Waals surface area contributed by atoms with Crippen LogP contribution in [0.5, 0.6) is 5.75 Å². The molecule has 1 fully saturated rings. The van der Waals surface area contributed by atoms with Gasteiger partial charge in [0, 0.05) is 26.1 Å². The average molecular weight is 474 g/mol. The molecule has 5 nitrogen and oxygen atoms in total. The maximum absolute atomic E-state index is 12.7. The molecule has 3 aliphatic rings. The summed E-state index contributed by atoms with van der Waals surface area (Å²) in [4.78, 5) is 7.16. The molecule has 0 amide bonds. The van der Waals surface area contributed by atoms with Crippen LogP contribution in [-0.2, 0) is 16.7 Å². The molecule has 34 heavy (non-hydrogen) atoms. The molecule has 4 unspecified atom stereocenters. The molecule has 2 aromatic carbocycles. The number of nitrogens with two attached hydrogens (primary N) is 1. The monoisotopic (exact) mass is 473 g/mol. The third kappa shape index (κ3) is 3.63. The van der Waals surface area contributed by atoms with E-state index in [2.05, 4.69) is 23.8 Å². The lowest BCUT2D eigenvalue weighted by Gasteiger charge is -2.50. The second-order valence-electron chi connectivity index (χ2n) is 10.0. The van der Waals surface area contributed by atoms with E-state index in [0.717, 1.165) is 43.4 Å². The van der Waals surface area contributed by atoms with Crippen molar-refractivity contribution in [3.63, 3.8) is 0 Å². The van der Waals surface area contributed by atoms with Gasteiger partial charge in [0.25, 0.3) is 0 Å². The van der Waals surface area contributed by atoms with Gasteiger partial charge in [0.1, 0.15) is 5.75 Å². The van der Waals surface area contributed by atoms with Gasteiger partial charge in [-0.3, -0.25) is 0 Å². The minimum Gasteiger partial charge on any atom is -0.406 e. The molecular formula is C26H30F3N3O2. The van der Waals surface area contributed by atoms with Gasteiger partial charge in [-0.2, -0.15) is 0 Å². The predicted octanol–water partition coefficient (Wildman–Crippen LogP) is 5.09. The van der Waals surface area contributed by atoms with Gasteiger partial charge in [-0.15, -0.1) is 13.2 Å². The summed E-state index contributed by atoms with van der Waals surface area (Å²) in [7, 11) is 3.76. The Morgan fingerprint density at radius 3 is 2.65 bits per heavy atom. The number of rotatable bonds is 3. The quantitative estimate of drug-likeness (QED) is 0.675. The van der Waals surface area contributed by atoms with Crippen LogP contribution < -0.4 is 10.5 Å². The van der Waals surface area contributed by atoms with Crippen LogP contribution in [-0.4, -0.2) is 44.0 Å². The normalized spacial score (nSPS) is 30.6. The number of alkyl halides is 3. The smallest absolute Gasteiger partial charge is 0.406 e. The van der Waals surface area contributed by atoms with Crippen molar-refractivity contribution in [1.29, 1.82) is 0 Å². The van der Waals surface area contributed by atoms with Gasteiger partial charge in [-0.05, 0) is 79.0 Å². The van der Waals surface area contributed by atoms with Gasteiger partial charge in [-0.25, -0.2) is 4.99 Å². The summed E-state index contributed by atoms with van der Waals surface area (Å²) in [5.41, 5.74) is 9.66. The Labute approximate surface area is 197 Å². The van der Waals surface area contributed by atoms with Crippen LogP contribution in [0, 0.1) is 11.3 Å². The second kappa shape index (κ2) is 7.90. The van der Waals surface area contributed by atoms with E-state index in [1.807, 2.05) is 18.0 Å². The lowest BCUT2D eigenvalue weighted by molar-refractivity contribution is -0.274. The van der Waals surface area contributed by atoms with Crippen molar-refractivity contribution < 1.29 is 22.6 Å². The fourth-order valence-electron chi connectivity index (χ4n) is 6.55. The first-order valence-electron chi connectivity index (χ1n) is 11.6. The SMILES string of the molecule is COC1CCC23Cc4ccc(-c5cccc(OC(F)(F)F)c5)cc4C2(C)N=C(N)N(C)CC3C1. The van der Waals surface area contributed by atoms with E-state index in [1.165, 1.54) is 17.7 Å². The van der Waals surface area contributed by atoms with Gasteiger partial charge in [0.15, 0.2) is 5.96 Å². The first-order chi connectivity index (χ1) is 16.0. The largest absolute Gasteiger partial charge is 0.573 e. The molecule has 182 valence electrons. The molecule has 0 saturated heterocycles. The summed E-state index contributed by atoms with van der Waals surface area (Å²) in [6.07, 6.45) is -0.692. The maximum atomic E-state index is 12.7. The van der Waals surface area contributed by atoms with E-state index in [0.29, 0.717) is 17.4 Å². The third-order valence-electron chi connectivity index (χ3n) is 8.31. The van der Waals surface area contributed by atoms with E-state index < -0.39 is 11.9 Å². The molecule has 5 rings (SSSR count). The predicted molar refractivity (Wildman–Crippen MR) is 124 cm³/mol. The first-order valence-corrected chi connectivity index (χ1v) is 11.6. The Morgan fingerprint density at radius 2 is 1.91 bits per heavy atom. The Hall–Kier alpha value is -2.74. The van der Waals surface area contributed by atoms with Crippen molar-refractivity contribution in [3.05, 3.63) is 53.6 Å². The highest BCUT2D eigenvalue weighted by Gasteiger charge is 2.61. The number of fused-ring (bicyclic) bond motifs is 2. The summed E-state index contributed by atoms with van der Waals surface area (Å²) in [5, 5.41) is 0. The standard InChI is InChI=1S/C26H30F3N3O2/c1-24-22-12-17(16-5-4-6-21(11-16)34-26(27,28)29)7-8-18(22)14-25(24)10-9-20(33-3)13-19(25)15-32(2)23(30)31-24/h4-8,11-12,19-20H,9-10,13-15H2,1-3H3,(H2,30,31). The molecule has 1 aliphatic heterocycles. The number of benzene rings is 2. The molecule has 2 aromatic rings. The van der Waals surface area contributed by atoms with Crippen molar-refractivity contribution in [2.45, 2.75) is 50.6 Å². The number of nitrogens with zero attached hydrogens (tertiary/aromatic N) is 2. The number of hydrogen-bond donors (Lipinski definition) is 1. The molecule has 0 radical (unpaired) electrons. The summed E-state index contributed by atoms with van der Waals surface area (Å²) in [5.74, 6) is 0.638. The topological polar surface area (TPSA) is 60.1 Å². The highest BCUT2D eigenvalue weighted by atomic mass is 19.4. The molecular weight excluding hydrogens is 443 g/mol. The van der Waals surface area contributed by atoms with Crippen LogP contribution in [0.2, 0.25) is 0 Å². The molecule has 1 heterocycles. The van der Waals surface area contributed by atoms with Crippen LogP contribution in [0.4, 0.5) is 13.2 Å². The summed E-state index contributed by atoms with van der Waals surface area (Å²) < 4.78 is 48.1. The lowest BCUT2D eigenvalue weighted by Crippen LogP contribution is -2.50. The highest BCUT2D eigenvalue weighted by Crippen LogP contribution is 2.63. The second-order valence-corrected chi connectivity index (χ2v) is 10.0. The molecule has 0 aromatic heterocycles. The molecule has 2 aliphatic carbocycles. The van der Waals surface area contributed by atoms with Gasteiger partial charge >= 0.3 is 6.36 Å². The number of halogens is 3. The van der Waals surface area contributed by atoms with Crippen molar-refractivity contribution in [1.82, 2.24) is 4.90 Å². The van der Waals surface area contributed by atoms with Crippen molar-refractivity contribution in [2.24, 2.45) is 22.1 Å². The van der Waals surface area contributed by atoms with Crippen LogP contribution in [0.25, 0.3) is 11.1 Å². The Kier molecular flexibility index (Phi) is 5.35. The van der Waals surface area contributed by atoms with Gasteiger partial charge in [0.2, 0.25) is 0 Å². The van der Waals surface area contributed by atoms with E-state index in [-0.39, 0.29) is 17.3 Å². The number of aliphatic imine (C=N–C) groups is 1. The van der Waals surface area contributed by atoms with Crippen LogP contribution in [0.1, 0.15) is 37.3 Å². The van der Waals surface area contributed by atoms with E-state index in [9.17, 15) is 13.2 Å². The highest BCUT2D eigenvalue weighted by molar-refractivity contribution is 5.79. The fraction of sp³-hybridized carbons (Fsp3) is 0.500. The fourth-order valence-corrected chi connectivity index (χ4v) is 6.55. The maximum Gasteiger partial charge on any atom is 0.573 e. The van der Waals surface area contributed by atoms with Crippen LogP contribution in [0.15, 0.2) is 47.5 Å². The molecule has 1 spiro atoms. The Bertz CT molecular complexity index is 1130. The van der Waals surface area contributed by atoms with Gasteiger partial charge < -0.3 is 20.1 Å². The number of guanidine groups is 1. The third-order valence-corrected chi connectivity index (χ3v) is 8.31. The van der Waals surface area contributed by atoms with E-state index >= 15 is 0 Å². The molecule has 4 atom stereocenters. The zero-order valence-electron chi connectivity index (χ0n) is 19.7. The molecule has 8 heteroatoms. The summed E-state index contributed by atoms with van der Waals surface area (Å²) in [6.45, 7) is 3.00. The average Bonchev–Trinajstić information content (AvgIpc) is 2.97.